The van der Waals surface area contributed by atoms with E-state index in [2.05, 4.69) is 66.8 Å². The van der Waals surface area contributed by atoms with Gasteiger partial charge in [-0.05, 0) is 59.0 Å². The summed E-state index contributed by atoms with van der Waals surface area (Å²) in [7, 11) is 0. The van der Waals surface area contributed by atoms with Crippen molar-refractivity contribution in [1.29, 1.82) is 0 Å². The molecular formula is C25H28ClNO. The Balaban J connectivity index is 1.53. The maximum Gasteiger partial charge on any atom is 0.0775 e. The van der Waals surface area contributed by atoms with E-state index >= 15 is 0 Å². The van der Waals surface area contributed by atoms with Crippen LogP contribution in [-0.2, 0) is 11.3 Å². The summed E-state index contributed by atoms with van der Waals surface area (Å²) in [6.07, 6.45) is 2.56. The monoisotopic (exact) mass is 393 g/mol. The molecule has 0 aromatic heterocycles. The Labute approximate surface area is 172 Å². The van der Waals surface area contributed by atoms with Crippen LogP contribution >= 0.6 is 11.6 Å². The summed E-state index contributed by atoms with van der Waals surface area (Å²) >= 11 is 6.13. The molecule has 2 nitrogen and oxygen atoms in total. The van der Waals surface area contributed by atoms with Gasteiger partial charge in [-0.1, -0.05) is 73.5 Å². The second-order valence-corrected chi connectivity index (χ2v) is 8.25. The molecule has 3 aromatic rings. The van der Waals surface area contributed by atoms with Gasteiger partial charge in [0.1, 0.15) is 0 Å². The second-order valence-electron chi connectivity index (χ2n) is 7.82. The van der Waals surface area contributed by atoms with Crippen molar-refractivity contribution in [3.05, 3.63) is 82.9 Å². The van der Waals surface area contributed by atoms with E-state index in [0.29, 0.717) is 18.4 Å². The summed E-state index contributed by atoms with van der Waals surface area (Å²) in [4.78, 5) is 0. The van der Waals surface area contributed by atoms with Gasteiger partial charge in [-0.15, -0.1) is 0 Å². The molecule has 1 fully saturated rings. The normalized spacial score (nSPS) is 22.4. The fourth-order valence-corrected chi connectivity index (χ4v) is 4.61. The van der Waals surface area contributed by atoms with Gasteiger partial charge in [0.2, 0.25) is 0 Å². The van der Waals surface area contributed by atoms with Crippen molar-refractivity contribution in [1.82, 2.24) is 5.32 Å². The number of hydrogen-bond donors (Lipinski definition) is 1. The molecule has 1 aliphatic rings. The minimum absolute atomic E-state index is 0.165. The van der Waals surface area contributed by atoms with Crippen LogP contribution in [0.15, 0.2) is 66.7 Å². The van der Waals surface area contributed by atoms with Gasteiger partial charge in [0.15, 0.2) is 0 Å². The Hall–Kier alpha value is -1.87. The lowest BCUT2D eigenvalue weighted by Crippen LogP contribution is -2.46. The maximum atomic E-state index is 6.50. The molecule has 4 rings (SSSR count). The summed E-state index contributed by atoms with van der Waals surface area (Å²) < 4.78 is 6.50. The lowest BCUT2D eigenvalue weighted by Gasteiger charge is -2.39. The summed E-state index contributed by atoms with van der Waals surface area (Å²) in [5.41, 5.74) is 2.57. The standard InChI is InChI=1S/C25H28ClNO/c1-2-5-22-15-27-16-24(25(22)20-10-12-23(26)13-11-20)28-17-18-8-9-19-6-3-4-7-21(19)14-18/h3-4,6-14,22,24-25,27H,2,5,15-17H2,1H3. The van der Waals surface area contributed by atoms with Gasteiger partial charge in [-0.25, -0.2) is 0 Å². The SMILES string of the molecule is CCCC1CNCC(OCc2ccc3ccccc3c2)C1c1ccc(Cl)cc1. The predicted molar refractivity (Wildman–Crippen MR) is 118 cm³/mol. The van der Waals surface area contributed by atoms with Gasteiger partial charge in [-0.3, -0.25) is 0 Å². The summed E-state index contributed by atoms with van der Waals surface area (Å²) in [5, 5.41) is 6.92. The lowest BCUT2D eigenvalue weighted by molar-refractivity contribution is -0.00733. The Kier molecular flexibility index (Phi) is 6.31. The smallest absolute Gasteiger partial charge is 0.0775 e. The molecule has 0 saturated carbocycles. The van der Waals surface area contributed by atoms with E-state index in [4.69, 9.17) is 16.3 Å². The van der Waals surface area contributed by atoms with Crippen LogP contribution in [0.1, 0.15) is 36.8 Å². The summed E-state index contributed by atoms with van der Waals surface area (Å²) in [6.45, 7) is 4.84. The number of hydrogen-bond acceptors (Lipinski definition) is 2. The zero-order valence-electron chi connectivity index (χ0n) is 16.4. The molecule has 3 heteroatoms. The first-order chi connectivity index (χ1) is 13.7. The topological polar surface area (TPSA) is 21.3 Å². The van der Waals surface area contributed by atoms with Crippen molar-refractivity contribution in [2.45, 2.75) is 38.4 Å². The second kappa shape index (κ2) is 9.09. The molecule has 0 aliphatic carbocycles. The van der Waals surface area contributed by atoms with Crippen LogP contribution in [0.5, 0.6) is 0 Å². The number of piperidine rings is 1. The molecule has 28 heavy (non-hydrogen) atoms. The summed E-state index contributed by atoms with van der Waals surface area (Å²) in [5.74, 6) is 0.987. The Morgan fingerprint density at radius 3 is 2.54 bits per heavy atom. The molecule has 1 N–H and O–H groups in total. The van der Waals surface area contributed by atoms with E-state index in [1.807, 2.05) is 12.1 Å². The molecule has 3 atom stereocenters. The minimum Gasteiger partial charge on any atom is -0.372 e. The van der Waals surface area contributed by atoms with Crippen molar-refractivity contribution >= 4 is 22.4 Å². The number of fused-ring (bicyclic) bond motifs is 1. The average molecular weight is 394 g/mol. The van der Waals surface area contributed by atoms with Crippen LogP contribution in [0.4, 0.5) is 0 Å². The molecule has 0 spiro atoms. The number of ether oxygens (including phenoxy) is 1. The number of nitrogens with one attached hydrogen (secondary N) is 1. The molecule has 3 unspecified atom stereocenters. The van der Waals surface area contributed by atoms with E-state index in [1.54, 1.807) is 0 Å². The zero-order valence-corrected chi connectivity index (χ0v) is 17.2. The van der Waals surface area contributed by atoms with Crippen molar-refractivity contribution in [3.8, 4) is 0 Å². The molecule has 1 heterocycles. The number of halogens is 1. The van der Waals surface area contributed by atoms with Crippen LogP contribution in [0.2, 0.25) is 5.02 Å². The fraction of sp³-hybridized carbons (Fsp3) is 0.360. The zero-order chi connectivity index (χ0) is 19.3. The Bertz CT molecular complexity index is 906. The van der Waals surface area contributed by atoms with Crippen LogP contribution in [0.3, 0.4) is 0 Å². The predicted octanol–water partition coefficient (Wildman–Crippen LogP) is 6.18. The van der Waals surface area contributed by atoms with Gasteiger partial charge in [0, 0.05) is 17.5 Å². The third-order valence-corrected chi connectivity index (χ3v) is 6.10. The first-order valence-electron chi connectivity index (χ1n) is 10.3. The molecule has 3 aromatic carbocycles. The third kappa shape index (κ3) is 4.41. The van der Waals surface area contributed by atoms with Crippen molar-refractivity contribution < 1.29 is 4.74 Å². The molecule has 0 amide bonds. The number of benzene rings is 3. The molecule has 0 radical (unpaired) electrons. The average Bonchev–Trinajstić information content (AvgIpc) is 2.73. The van der Waals surface area contributed by atoms with Crippen LogP contribution < -0.4 is 5.32 Å². The van der Waals surface area contributed by atoms with E-state index in [-0.39, 0.29) is 6.10 Å². The highest BCUT2D eigenvalue weighted by Gasteiger charge is 2.34. The molecule has 0 bridgehead atoms. The highest BCUT2D eigenvalue weighted by Crippen LogP contribution is 2.36. The third-order valence-electron chi connectivity index (χ3n) is 5.85. The number of rotatable bonds is 6. The van der Waals surface area contributed by atoms with Gasteiger partial charge < -0.3 is 10.1 Å². The highest BCUT2D eigenvalue weighted by molar-refractivity contribution is 6.30. The van der Waals surface area contributed by atoms with Crippen molar-refractivity contribution in [2.75, 3.05) is 13.1 Å². The highest BCUT2D eigenvalue weighted by atomic mass is 35.5. The minimum atomic E-state index is 0.165. The van der Waals surface area contributed by atoms with Gasteiger partial charge in [0.25, 0.3) is 0 Å². The first kappa shape index (κ1) is 19.4. The first-order valence-corrected chi connectivity index (χ1v) is 10.7. The Morgan fingerprint density at radius 1 is 0.964 bits per heavy atom. The summed E-state index contributed by atoms with van der Waals surface area (Å²) in [6, 6.07) is 23.4. The van der Waals surface area contributed by atoms with Crippen molar-refractivity contribution in [3.63, 3.8) is 0 Å². The van der Waals surface area contributed by atoms with E-state index in [9.17, 15) is 0 Å². The van der Waals surface area contributed by atoms with Gasteiger partial charge in [0.05, 0.1) is 12.7 Å². The lowest BCUT2D eigenvalue weighted by atomic mass is 9.77. The van der Waals surface area contributed by atoms with E-state index < -0.39 is 0 Å². The van der Waals surface area contributed by atoms with E-state index in [1.165, 1.54) is 34.7 Å². The molecule has 146 valence electrons. The largest absolute Gasteiger partial charge is 0.372 e. The fourth-order valence-electron chi connectivity index (χ4n) is 4.49. The van der Waals surface area contributed by atoms with E-state index in [0.717, 1.165) is 18.1 Å². The van der Waals surface area contributed by atoms with Gasteiger partial charge in [-0.2, -0.15) is 0 Å². The molecule has 1 aliphatic heterocycles. The van der Waals surface area contributed by atoms with Crippen LogP contribution in [0, 0.1) is 5.92 Å². The van der Waals surface area contributed by atoms with Crippen LogP contribution in [-0.4, -0.2) is 19.2 Å². The van der Waals surface area contributed by atoms with Crippen LogP contribution in [0.25, 0.3) is 10.8 Å². The Morgan fingerprint density at radius 2 is 1.75 bits per heavy atom. The molecular weight excluding hydrogens is 366 g/mol. The maximum absolute atomic E-state index is 6.50. The molecule has 1 saturated heterocycles. The van der Waals surface area contributed by atoms with Gasteiger partial charge >= 0.3 is 0 Å². The van der Waals surface area contributed by atoms with Crippen molar-refractivity contribution in [2.24, 2.45) is 5.92 Å². The quantitative estimate of drug-likeness (QED) is 0.539.